The fraction of sp³-hybridized carbons (Fsp3) is 1.00. The van der Waals surface area contributed by atoms with E-state index in [1.54, 1.807) is 6.92 Å². The van der Waals surface area contributed by atoms with Gasteiger partial charge in [0.1, 0.15) is 0 Å². The second-order valence-electron chi connectivity index (χ2n) is 8.30. The Balaban J connectivity index is 3.25. The predicted octanol–water partition coefficient (Wildman–Crippen LogP) is 6.67. The number of aliphatic hydroxyl groups is 1. The Hall–Kier alpha value is -0.130. The second kappa shape index (κ2) is 17.9. The van der Waals surface area contributed by atoms with Crippen LogP contribution in [0, 0.1) is 0 Å². The van der Waals surface area contributed by atoms with Gasteiger partial charge in [-0.2, -0.15) is 8.42 Å². The minimum atomic E-state index is -3.84. The molecule has 5 heteroatoms. The van der Waals surface area contributed by atoms with Crippen molar-refractivity contribution < 1.29 is 18.1 Å². The van der Waals surface area contributed by atoms with E-state index in [1.165, 1.54) is 70.6 Å². The van der Waals surface area contributed by atoms with E-state index in [-0.39, 0.29) is 6.10 Å². The van der Waals surface area contributed by atoms with Gasteiger partial charge in [0, 0.05) is 0 Å². The molecule has 4 nitrogen and oxygen atoms in total. The lowest BCUT2D eigenvalue weighted by Crippen LogP contribution is -2.16. The van der Waals surface area contributed by atoms with Crippen LogP contribution in [0.1, 0.15) is 129 Å². The summed E-state index contributed by atoms with van der Waals surface area (Å²) in [6.07, 6.45) is 20.6. The molecule has 164 valence electrons. The van der Waals surface area contributed by atoms with Crippen molar-refractivity contribution in [1.82, 2.24) is 0 Å². The van der Waals surface area contributed by atoms with Crippen molar-refractivity contribution in [2.24, 2.45) is 0 Å². The number of rotatable bonds is 20. The van der Waals surface area contributed by atoms with Crippen LogP contribution in [0.3, 0.4) is 0 Å². The fourth-order valence-electron chi connectivity index (χ4n) is 3.50. The number of aliphatic hydroxyl groups excluding tert-OH is 1. The molecule has 0 aliphatic carbocycles. The van der Waals surface area contributed by atoms with Gasteiger partial charge in [-0.1, -0.05) is 103 Å². The fourth-order valence-corrected chi connectivity index (χ4v) is 3.97. The van der Waals surface area contributed by atoms with E-state index in [9.17, 15) is 13.5 Å². The number of hydrogen-bond acceptors (Lipinski definition) is 3. The molecule has 0 fully saturated rings. The highest BCUT2D eigenvalue weighted by Crippen LogP contribution is 2.16. The summed E-state index contributed by atoms with van der Waals surface area (Å²) in [5.41, 5.74) is 0. The van der Waals surface area contributed by atoms with E-state index < -0.39 is 15.4 Å². The van der Waals surface area contributed by atoms with Gasteiger partial charge in [0.15, 0.2) is 0 Å². The normalized spacial score (nSPS) is 14.4. The molecule has 0 aliphatic heterocycles. The highest BCUT2D eigenvalue weighted by molar-refractivity contribution is 7.86. The van der Waals surface area contributed by atoms with Crippen LogP contribution < -0.4 is 0 Å². The zero-order chi connectivity index (χ0) is 20.4. The van der Waals surface area contributed by atoms with Gasteiger partial charge in [0.2, 0.25) is 0 Å². The molecule has 2 N–H and O–H groups in total. The Kier molecular flexibility index (Phi) is 17.8. The molecule has 0 spiro atoms. The summed E-state index contributed by atoms with van der Waals surface area (Å²) in [5.74, 6) is 0. The minimum Gasteiger partial charge on any atom is -0.393 e. The lowest BCUT2D eigenvalue weighted by molar-refractivity contribution is 0.147. The van der Waals surface area contributed by atoms with Gasteiger partial charge in [0.25, 0.3) is 10.1 Å². The molecule has 0 aromatic rings. The van der Waals surface area contributed by atoms with Gasteiger partial charge in [-0.05, 0) is 26.2 Å². The first-order valence-corrected chi connectivity index (χ1v) is 13.0. The van der Waals surface area contributed by atoms with Crippen molar-refractivity contribution in [1.29, 1.82) is 0 Å². The monoisotopic (exact) mass is 406 g/mol. The van der Waals surface area contributed by atoms with Crippen LogP contribution in [0.15, 0.2) is 0 Å². The maximum Gasteiger partial charge on any atom is 0.267 e. The van der Waals surface area contributed by atoms with Crippen molar-refractivity contribution in [2.75, 3.05) is 0 Å². The minimum absolute atomic E-state index is 0.0878. The van der Waals surface area contributed by atoms with E-state index in [2.05, 4.69) is 6.92 Å². The van der Waals surface area contributed by atoms with Crippen molar-refractivity contribution in [3.63, 3.8) is 0 Å². The topological polar surface area (TPSA) is 74.6 Å². The lowest BCUT2D eigenvalue weighted by Gasteiger charge is -2.10. The summed E-state index contributed by atoms with van der Waals surface area (Å²) in [6, 6.07) is 0. The summed E-state index contributed by atoms with van der Waals surface area (Å²) in [6.45, 7) is 3.80. The molecule has 0 aromatic heterocycles. The Morgan fingerprint density at radius 1 is 0.630 bits per heavy atom. The molecule has 27 heavy (non-hydrogen) atoms. The summed E-state index contributed by atoms with van der Waals surface area (Å²) < 4.78 is 30.7. The van der Waals surface area contributed by atoms with Crippen LogP contribution in [-0.2, 0) is 10.1 Å². The first kappa shape index (κ1) is 26.9. The molecule has 0 bridgehead atoms. The highest BCUT2D eigenvalue weighted by atomic mass is 32.2. The predicted molar refractivity (Wildman–Crippen MR) is 116 cm³/mol. The molecule has 0 saturated heterocycles. The van der Waals surface area contributed by atoms with Crippen LogP contribution in [0.5, 0.6) is 0 Å². The number of unbranched alkanes of at least 4 members (excludes halogenated alkanes) is 13. The zero-order valence-corrected chi connectivity index (χ0v) is 18.8. The zero-order valence-electron chi connectivity index (χ0n) is 18.0. The maximum atomic E-state index is 10.9. The van der Waals surface area contributed by atoms with Gasteiger partial charge >= 0.3 is 0 Å². The molecule has 2 atom stereocenters. The van der Waals surface area contributed by atoms with Crippen LogP contribution in [-0.4, -0.2) is 29.4 Å². The van der Waals surface area contributed by atoms with Crippen molar-refractivity contribution in [3.8, 4) is 0 Å². The molecular formula is C22H46O4S. The third-order valence-corrected chi connectivity index (χ3v) is 6.80. The Bertz CT molecular complexity index is 409. The smallest absolute Gasteiger partial charge is 0.267 e. The average Bonchev–Trinajstić information content (AvgIpc) is 2.61. The van der Waals surface area contributed by atoms with Gasteiger partial charge in [-0.25, -0.2) is 0 Å². The van der Waals surface area contributed by atoms with Crippen LogP contribution in [0.25, 0.3) is 0 Å². The SMILES string of the molecule is CCCCCCCC(O)CCCCCCCCCCCCC(C)S(=O)(=O)O. The van der Waals surface area contributed by atoms with E-state index in [4.69, 9.17) is 4.55 Å². The van der Waals surface area contributed by atoms with E-state index in [1.807, 2.05) is 0 Å². The van der Waals surface area contributed by atoms with Crippen molar-refractivity contribution >= 4 is 10.1 Å². The molecule has 0 saturated carbocycles. The van der Waals surface area contributed by atoms with Crippen LogP contribution in [0.4, 0.5) is 0 Å². The molecule has 0 amide bonds. The average molecular weight is 407 g/mol. The van der Waals surface area contributed by atoms with E-state index in [0.717, 1.165) is 38.5 Å². The Labute approximate surface area is 169 Å². The Morgan fingerprint density at radius 3 is 1.33 bits per heavy atom. The molecule has 0 aliphatic rings. The second-order valence-corrected chi connectivity index (χ2v) is 10.1. The first-order chi connectivity index (χ1) is 12.9. The van der Waals surface area contributed by atoms with Crippen molar-refractivity contribution in [3.05, 3.63) is 0 Å². The third kappa shape index (κ3) is 19.0. The molecule has 0 heterocycles. The van der Waals surface area contributed by atoms with Gasteiger partial charge in [-0.3, -0.25) is 4.55 Å². The summed E-state index contributed by atoms with van der Waals surface area (Å²) in [7, 11) is -3.84. The van der Waals surface area contributed by atoms with Crippen molar-refractivity contribution in [2.45, 2.75) is 141 Å². The lowest BCUT2D eigenvalue weighted by atomic mass is 10.0. The van der Waals surface area contributed by atoms with Crippen LogP contribution >= 0.6 is 0 Å². The van der Waals surface area contributed by atoms with Crippen LogP contribution in [0.2, 0.25) is 0 Å². The van der Waals surface area contributed by atoms with E-state index >= 15 is 0 Å². The molecule has 0 rings (SSSR count). The van der Waals surface area contributed by atoms with Gasteiger partial charge in [0.05, 0.1) is 11.4 Å². The third-order valence-electron chi connectivity index (χ3n) is 5.55. The molecule has 2 unspecified atom stereocenters. The highest BCUT2D eigenvalue weighted by Gasteiger charge is 2.15. The number of hydrogen-bond donors (Lipinski definition) is 2. The molecule has 0 aromatic carbocycles. The summed E-state index contributed by atoms with van der Waals surface area (Å²) in [5, 5.41) is 9.35. The molecule has 0 radical (unpaired) electrons. The largest absolute Gasteiger partial charge is 0.393 e. The maximum absolute atomic E-state index is 10.9. The van der Waals surface area contributed by atoms with Gasteiger partial charge in [-0.15, -0.1) is 0 Å². The van der Waals surface area contributed by atoms with Gasteiger partial charge < -0.3 is 5.11 Å². The quantitative estimate of drug-likeness (QED) is 0.175. The summed E-state index contributed by atoms with van der Waals surface area (Å²) in [4.78, 5) is 0. The standard InChI is InChI=1S/C22H46O4S/c1-3-4-5-12-16-19-22(23)20-17-14-11-9-7-6-8-10-13-15-18-21(2)27(24,25)26/h21-23H,3-20H2,1-2H3,(H,24,25,26). The molecular weight excluding hydrogens is 360 g/mol. The Morgan fingerprint density at radius 2 is 0.963 bits per heavy atom. The first-order valence-electron chi connectivity index (χ1n) is 11.5. The van der Waals surface area contributed by atoms with E-state index in [0.29, 0.717) is 6.42 Å². The summed E-state index contributed by atoms with van der Waals surface area (Å²) >= 11 is 0.